The van der Waals surface area contributed by atoms with E-state index in [0.717, 1.165) is 0 Å². The smallest absolute Gasteiger partial charge is 0.179 e. The van der Waals surface area contributed by atoms with Gasteiger partial charge in [-0.05, 0) is 28.9 Å². The first kappa shape index (κ1) is 14.4. The van der Waals surface area contributed by atoms with E-state index in [1.165, 1.54) is 10.8 Å². The summed E-state index contributed by atoms with van der Waals surface area (Å²) in [4.78, 5) is 0. The Labute approximate surface area is 109 Å². The highest BCUT2D eigenvalue weighted by atomic mass is 28.4. The second-order valence-electron chi connectivity index (χ2n) is 5.95. The second kappa shape index (κ2) is 5.33. The summed E-state index contributed by atoms with van der Waals surface area (Å²) in [5.74, 6) is 0. The van der Waals surface area contributed by atoms with Crippen LogP contribution in [0.4, 0.5) is 0 Å². The molecule has 0 saturated carbocycles. The molecule has 94 valence electrons. The molecule has 0 unspecified atom stereocenters. The van der Waals surface area contributed by atoms with E-state index in [9.17, 15) is 0 Å². The van der Waals surface area contributed by atoms with Gasteiger partial charge in [0.1, 0.15) is 0 Å². The Morgan fingerprint density at radius 3 is 2.35 bits per heavy atom. The van der Waals surface area contributed by atoms with Crippen LogP contribution in [0.25, 0.3) is 6.08 Å². The molecule has 0 N–H and O–H groups in total. The maximum absolute atomic E-state index is 6.35. The minimum absolute atomic E-state index is 0.295. The molecule has 1 rings (SSSR count). The third-order valence-electron chi connectivity index (χ3n) is 3.67. The van der Waals surface area contributed by atoms with Crippen LogP contribution in [0.3, 0.4) is 0 Å². The lowest BCUT2D eigenvalue weighted by atomic mass is 10.2. The summed E-state index contributed by atoms with van der Waals surface area (Å²) in [6.07, 6.45) is 1.93. The van der Waals surface area contributed by atoms with Crippen LogP contribution in [-0.4, -0.2) is 18.1 Å². The molecule has 0 amide bonds. The van der Waals surface area contributed by atoms with Crippen LogP contribution in [0.15, 0.2) is 30.8 Å². The van der Waals surface area contributed by atoms with Crippen molar-refractivity contribution in [1.82, 2.24) is 0 Å². The van der Waals surface area contributed by atoms with Gasteiger partial charge in [-0.3, -0.25) is 0 Å². The van der Waals surface area contributed by atoms with Gasteiger partial charge in [0.15, 0.2) is 18.1 Å². The molecule has 0 aliphatic carbocycles. The maximum atomic E-state index is 6.35. The Bertz CT molecular complexity index is 391. The number of rotatable bonds is 4. The van der Waals surface area contributed by atoms with Crippen LogP contribution in [0.1, 0.15) is 26.3 Å². The molecule has 1 aromatic rings. The van der Waals surface area contributed by atoms with Crippen LogP contribution in [-0.2, 0) is 4.12 Å². The lowest BCUT2D eigenvalue weighted by Crippen LogP contribution is -2.44. The van der Waals surface area contributed by atoms with Crippen molar-refractivity contribution in [1.29, 1.82) is 0 Å². The number of hydrogen-bond acceptors (Lipinski definition) is 1. The van der Waals surface area contributed by atoms with Crippen molar-refractivity contribution >= 4 is 29.3 Å². The minimum Gasteiger partial charge on any atom is -0.456 e. The lowest BCUT2D eigenvalue weighted by Gasteiger charge is -2.36. The van der Waals surface area contributed by atoms with Gasteiger partial charge < -0.3 is 4.12 Å². The Hall–Kier alpha value is -0.646. The van der Waals surface area contributed by atoms with Gasteiger partial charge in [0, 0.05) is 0 Å². The average molecular weight is 265 g/mol. The zero-order valence-electron chi connectivity index (χ0n) is 11.7. The highest BCUT2D eigenvalue weighted by molar-refractivity contribution is 6.79. The van der Waals surface area contributed by atoms with E-state index in [1.807, 2.05) is 6.08 Å². The number of benzene rings is 1. The van der Waals surface area contributed by atoms with Crippen molar-refractivity contribution < 1.29 is 4.12 Å². The molecule has 1 nitrogen and oxygen atoms in total. The fraction of sp³-hybridized carbons (Fsp3) is 0.429. The molecule has 0 atom stereocenters. The largest absolute Gasteiger partial charge is 0.456 e. The first-order valence-electron chi connectivity index (χ1n) is 6.12. The summed E-state index contributed by atoms with van der Waals surface area (Å²) in [5, 5.41) is 1.66. The molecule has 0 fully saturated rings. The second-order valence-corrected chi connectivity index (χ2v) is 12.7. The molecular formula is C14H24OSi2. The maximum Gasteiger partial charge on any atom is 0.179 e. The van der Waals surface area contributed by atoms with E-state index in [1.54, 1.807) is 0 Å². The van der Waals surface area contributed by atoms with Crippen molar-refractivity contribution in [2.45, 2.75) is 38.9 Å². The van der Waals surface area contributed by atoms with E-state index >= 15 is 0 Å². The Morgan fingerprint density at radius 2 is 1.82 bits per heavy atom. The molecular weight excluding hydrogens is 240 g/mol. The lowest BCUT2D eigenvalue weighted by molar-refractivity contribution is 0.523. The minimum atomic E-state index is -1.60. The highest BCUT2D eigenvalue weighted by Gasteiger charge is 2.36. The molecule has 0 spiro atoms. The Kier molecular flexibility index (Phi) is 4.52. The quantitative estimate of drug-likeness (QED) is 0.760. The fourth-order valence-corrected chi connectivity index (χ4v) is 5.80. The third kappa shape index (κ3) is 3.66. The summed E-state index contributed by atoms with van der Waals surface area (Å²) in [7, 11) is -2.24. The highest BCUT2D eigenvalue weighted by Crippen LogP contribution is 2.36. The summed E-state index contributed by atoms with van der Waals surface area (Å²) in [6.45, 7) is 15.3. The molecule has 0 bridgehead atoms. The fourth-order valence-electron chi connectivity index (χ4n) is 1.34. The molecule has 0 aromatic heterocycles. The van der Waals surface area contributed by atoms with Gasteiger partial charge in [0.25, 0.3) is 0 Å². The standard InChI is InChI=1S/C14H24OSi2/c1-7-12-10-8-9-11-13(12)16-15-17(5,6)14(2,3)4/h7-11H,1,16H2,2-6H3. The van der Waals surface area contributed by atoms with Crippen LogP contribution in [0.2, 0.25) is 18.1 Å². The van der Waals surface area contributed by atoms with E-state index in [0.29, 0.717) is 5.04 Å². The van der Waals surface area contributed by atoms with E-state index in [2.05, 4.69) is 64.7 Å². The van der Waals surface area contributed by atoms with Gasteiger partial charge in [-0.25, -0.2) is 0 Å². The van der Waals surface area contributed by atoms with Crippen LogP contribution in [0, 0.1) is 0 Å². The summed E-state index contributed by atoms with van der Waals surface area (Å²) in [6, 6.07) is 8.44. The van der Waals surface area contributed by atoms with Gasteiger partial charge in [-0.1, -0.05) is 57.7 Å². The van der Waals surface area contributed by atoms with Gasteiger partial charge in [0.05, 0.1) is 0 Å². The van der Waals surface area contributed by atoms with Crippen LogP contribution < -0.4 is 5.19 Å². The molecule has 0 heterocycles. The molecule has 3 heteroatoms. The third-order valence-corrected chi connectivity index (χ3v) is 11.7. The van der Waals surface area contributed by atoms with Gasteiger partial charge in [-0.2, -0.15) is 0 Å². The first-order chi connectivity index (χ1) is 7.78. The molecule has 0 aliphatic rings. The Balaban J connectivity index is 2.77. The van der Waals surface area contributed by atoms with Crippen molar-refractivity contribution in [3.05, 3.63) is 36.4 Å². The SMILES string of the molecule is C=Cc1ccccc1[SiH2]O[Si](C)(C)C(C)(C)C. The van der Waals surface area contributed by atoms with Gasteiger partial charge in [-0.15, -0.1) is 0 Å². The first-order valence-corrected chi connectivity index (χ1v) is 10.3. The molecule has 0 radical (unpaired) electrons. The molecule has 17 heavy (non-hydrogen) atoms. The monoisotopic (exact) mass is 264 g/mol. The topological polar surface area (TPSA) is 9.23 Å². The molecule has 0 aliphatic heterocycles. The van der Waals surface area contributed by atoms with Crippen molar-refractivity contribution in [3.63, 3.8) is 0 Å². The predicted molar refractivity (Wildman–Crippen MR) is 83.0 cm³/mol. The van der Waals surface area contributed by atoms with Crippen molar-refractivity contribution in [2.24, 2.45) is 0 Å². The summed E-state index contributed by atoms with van der Waals surface area (Å²) >= 11 is 0. The summed E-state index contributed by atoms with van der Waals surface area (Å²) < 4.78 is 6.35. The summed E-state index contributed by atoms with van der Waals surface area (Å²) in [5.41, 5.74) is 1.23. The molecule has 0 saturated heterocycles. The Morgan fingerprint density at radius 1 is 1.24 bits per heavy atom. The van der Waals surface area contributed by atoms with Crippen LogP contribution in [0.5, 0.6) is 0 Å². The number of hydrogen-bond donors (Lipinski definition) is 0. The van der Waals surface area contributed by atoms with E-state index < -0.39 is 18.1 Å². The zero-order chi connectivity index (χ0) is 13.1. The zero-order valence-corrected chi connectivity index (χ0v) is 14.1. The van der Waals surface area contributed by atoms with Gasteiger partial charge in [0.2, 0.25) is 0 Å². The normalized spacial score (nSPS) is 13.2. The van der Waals surface area contributed by atoms with Crippen LogP contribution >= 0.6 is 0 Å². The van der Waals surface area contributed by atoms with Gasteiger partial charge >= 0.3 is 0 Å². The van der Waals surface area contributed by atoms with Crippen molar-refractivity contribution in [2.75, 3.05) is 0 Å². The predicted octanol–water partition coefficient (Wildman–Crippen LogP) is 3.06. The molecule has 1 aromatic carbocycles. The van der Waals surface area contributed by atoms with E-state index in [4.69, 9.17) is 4.12 Å². The average Bonchev–Trinajstić information content (AvgIpc) is 2.25. The van der Waals surface area contributed by atoms with E-state index in [-0.39, 0.29) is 0 Å². The van der Waals surface area contributed by atoms with Crippen molar-refractivity contribution in [3.8, 4) is 0 Å².